The van der Waals surface area contributed by atoms with Crippen LogP contribution in [0, 0.1) is 0 Å². The largest absolute Gasteiger partial charge is 0.352 e. The Morgan fingerprint density at radius 3 is 2.76 bits per heavy atom. The molecule has 21 heavy (non-hydrogen) atoms. The molecule has 4 rings (SSSR count). The number of nitrogens with zero attached hydrogens (tertiary/aromatic N) is 5. The van der Waals surface area contributed by atoms with Gasteiger partial charge in [-0.05, 0) is 18.6 Å². The van der Waals surface area contributed by atoms with Gasteiger partial charge >= 0.3 is 0 Å². The Balaban J connectivity index is 1.59. The highest BCUT2D eigenvalue weighted by Crippen LogP contribution is 2.20. The molecule has 2 aliphatic rings. The first-order chi connectivity index (χ1) is 10.2. The quantitative estimate of drug-likeness (QED) is 0.868. The van der Waals surface area contributed by atoms with E-state index in [1.807, 2.05) is 4.90 Å². The molecule has 1 N–H and O–H groups in total. The van der Waals surface area contributed by atoms with Crippen molar-refractivity contribution in [3.8, 4) is 5.82 Å². The Bertz CT molecular complexity index is 697. The zero-order valence-corrected chi connectivity index (χ0v) is 11.2. The van der Waals surface area contributed by atoms with Crippen LogP contribution in [0.1, 0.15) is 22.5 Å². The second-order valence-corrected chi connectivity index (χ2v) is 5.20. The summed E-state index contributed by atoms with van der Waals surface area (Å²) in [4.78, 5) is 13.4. The minimum atomic E-state index is -0.793. The van der Waals surface area contributed by atoms with Crippen LogP contribution in [0.2, 0.25) is 0 Å². The minimum Gasteiger partial charge on any atom is -0.352 e. The fraction of sp³-hybridized carbons (Fsp3) is 0.385. The van der Waals surface area contributed by atoms with Crippen LogP contribution in [0.15, 0.2) is 18.3 Å². The summed E-state index contributed by atoms with van der Waals surface area (Å²) in [6.07, 6.45) is 1.39. The summed E-state index contributed by atoms with van der Waals surface area (Å²) in [5.74, 6) is 1.08. The Morgan fingerprint density at radius 1 is 1.29 bits per heavy atom. The normalized spacial score (nSPS) is 20.7. The van der Waals surface area contributed by atoms with Gasteiger partial charge in [0.1, 0.15) is 6.17 Å². The molecule has 2 aromatic rings. The number of halogens is 1. The molecule has 0 saturated carbocycles. The smallest absolute Gasteiger partial charge is 0.255 e. The Labute approximate surface area is 119 Å². The van der Waals surface area contributed by atoms with Gasteiger partial charge in [-0.2, -0.15) is 5.10 Å². The van der Waals surface area contributed by atoms with E-state index in [0.717, 1.165) is 0 Å². The average Bonchev–Trinajstić information content (AvgIpc) is 3.17. The molecule has 1 amide bonds. The molecular weight excluding hydrogens is 275 g/mol. The highest BCUT2D eigenvalue weighted by molar-refractivity contribution is 5.97. The highest BCUT2D eigenvalue weighted by atomic mass is 19.1. The SMILES string of the molecule is O=C1NCc2nn(-c3ccc(N4CC[C@H](F)C4)nn3)cc21. The van der Waals surface area contributed by atoms with Crippen molar-refractivity contribution in [3.63, 3.8) is 0 Å². The van der Waals surface area contributed by atoms with E-state index < -0.39 is 6.17 Å². The third-order valence-electron chi connectivity index (χ3n) is 3.78. The Morgan fingerprint density at radius 2 is 2.10 bits per heavy atom. The van der Waals surface area contributed by atoms with Gasteiger partial charge in [-0.15, -0.1) is 10.2 Å². The Kier molecular flexibility index (Phi) is 2.63. The monoisotopic (exact) mass is 288 g/mol. The van der Waals surface area contributed by atoms with Crippen LogP contribution in [-0.4, -0.2) is 45.1 Å². The van der Waals surface area contributed by atoms with Crippen LogP contribution < -0.4 is 10.2 Å². The van der Waals surface area contributed by atoms with E-state index in [4.69, 9.17) is 0 Å². The first kappa shape index (κ1) is 12.2. The first-order valence-electron chi connectivity index (χ1n) is 6.80. The molecule has 0 aromatic carbocycles. The molecule has 0 unspecified atom stereocenters. The van der Waals surface area contributed by atoms with Gasteiger partial charge in [0.25, 0.3) is 5.91 Å². The number of amides is 1. The maximum Gasteiger partial charge on any atom is 0.255 e. The van der Waals surface area contributed by atoms with E-state index in [2.05, 4.69) is 20.6 Å². The maximum absolute atomic E-state index is 13.2. The third kappa shape index (κ3) is 2.03. The van der Waals surface area contributed by atoms with Crippen molar-refractivity contribution >= 4 is 11.7 Å². The average molecular weight is 288 g/mol. The standard InChI is InChI=1S/C13H13FN6O/c14-8-3-4-19(6-8)11-1-2-12(17-16-11)20-7-9-10(18-20)5-15-13(9)21/h1-2,7-8H,3-6H2,(H,15,21)/t8-/m0/s1. The van der Waals surface area contributed by atoms with E-state index in [1.54, 1.807) is 23.0 Å². The summed E-state index contributed by atoms with van der Waals surface area (Å²) in [6, 6.07) is 3.57. The number of nitrogens with one attached hydrogen (secondary N) is 1. The number of fused-ring (bicyclic) bond motifs is 1. The van der Waals surface area contributed by atoms with Crippen LogP contribution in [0.25, 0.3) is 5.82 Å². The number of anilines is 1. The molecule has 8 heteroatoms. The minimum absolute atomic E-state index is 0.119. The van der Waals surface area contributed by atoms with E-state index in [-0.39, 0.29) is 5.91 Å². The van der Waals surface area contributed by atoms with E-state index >= 15 is 0 Å². The fourth-order valence-corrected chi connectivity index (χ4v) is 2.64. The zero-order valence-electron chi connectivity index (χ0n) is 11.2. The molecule has 2 aromatic heterocycles. The summed E-state index contributed by atoms with van der Waals surface area (Å²) in [7, 11) is 0. The second kappa shape index (κ2) is 4.51. The predicted octanol–water partition coefficient (Wildman–Crippen LogP) is 0.454. The van der Waals surface area contributed by atoms with Gasteiger partial charge in [0.15, 0.2) is 11.6 Å². The van der Waals surface area contributed by atoms with Crippen LogP contribution >= 0.6 is 0 Å². The van der Waals surface area contributed by atoms with Gasteiger partial charge in [-0.25, -0.2) is 9.07 Å². The number of aromatic nitrogens is 4. The number of alkyl halides is 1. The lowest BCUT2D eigenvalue weighted by molar-refractivity contribution is 0.0965. The molecule has 2 aliphatic heterocycles. The van der Waals surface area contributed by atoms with Gasteiger partial charge in [0, 0.05) is 12.7 Å². The summed E-state index contributed by atoms with van der Waals surface area (Å²) < 4.78 is 14.7. The topological polar surface area (TPSA) is 75.9 Å². The van der Waals surface area contributed by atoms with Crippen molar-refractivity contribution in [2.45, 2.75) is 19.1 Å². The van der Waals surface area contributed by atoms with Crippen molar-refractivity contribution in [2.75, 3.05) is 18.0 Å². The van der Waals surface area contributed by atoms with Crippen molar-refractivity contribution in [3.05, 3.63) is 29.6 Å². The van der Waals surface area contributed by atoms with Crippen molar-refractivity contribution < 1.29 is 9.18 Å². The third-order valence-corrected chi connectivity index (χ3v) is 3.78. The molecule has 108 valence electrons. The summed E-state index contributed by atoms with van der Waals surface area (Å²) in [6.45, 7) is 1.47. The van der Waals surface area contributed by atoms with Gasteiger partial charge in [-0.1, -0.05) is 0 Å². The highest BCUT2D eigenvalue weighted by Gasteiger charge is 2.25. The lowest BCUT2D eigenvalue weighted by Crippen LogP contribution is -2.21. The number of rotatable bonds is 2. The summed E-state index contributed by atoms with van der Waals surface area (Å²) in [5.41, 5.74) is 1.28. The fourth-order valence-electron chi connectivity index (χ4n) is 2.64. The van der Waals surface area contributed by atoms with Gasteiger partial charge in [0.05, 0.1) is 24.3 Å². The maximum atomic E-state index is 13.2. The molecule has 0 spiro atoms. The predicted molar refractivity (Wildman–Crippen MR) is 72.1 cm³/mol. The molecule has 0 bridgehead atoms. The second-order valence-electron chi connectivity index (χ2n) is 5.20. The molecule has 0 aliphatic carbocycles. The number of carbonyl (C=O) groups excluding carboxylic acids is 1. The summed E-state index contributed by atoms with van der Waals surface area (Å²) >= 11 is 0. The van der Waals surface area contributed by atoms with Crippen LogP contribution in [-0.2, 0) is 6.54 Å². The number of carbonyl (C=O) groups is 1. The van der Waals surface area contributed by atoms with E-state index in [9.17, 15) is 9.18 Å². The van der Waals surface area contributed by atoms with Crippen LogP contribution in [0.3, 0.4) is 0 Å². The molecule has 0 radical (unpaired) electrons. The molecule has 1 atom stereocenters. The van der Waals surface area contributed by atoms with Gasteiger partial charge in [-0.3, -0.25) is 4.79 Å². The van der Waals surface area contributed by atoms with Crippen molar-refractivity contribution in [2.24, 2.45) is 0 Å². The number of hydrogen-bond acceptors (Lipinski definition) is 5. The molecular formula is C13H13FN6O. The van der Waals surface area contributed by atoms with Gasteiger partial charge in [0.2, 0.25) is 0 Å². The van der Waals surface area contributed by atoms with E-state index in [0.29, 0.717) is 48.9 Å². The molecule has 1 saturated heterocycles. The van der Waals surface area contributed by atoms with Crippen LogP contribution in [0.5, 0.6) is 0 Å². The summed E-state index contributed by atoms with van der Waals surface area (Å²) in [5, 5.41) is 15.2. The van der Waals surface area contributed by atoms with Crippen molar-refractivity contribution in [1.29, 1.82) is 0 Å². The molecule has 4 heterocycles. The van der Waals surface area contributed by atoms with Crippen LogP contribution in [0.4, 0.5) is 10.2 Å². The number of hydrogen-bond donors (Lipinski definition) is 1. The Hall–Kier alpha value is -2.51. The van der Waals surface area contributed by atoms with Crippen molar-refractivity contribution in [1.82, 2.24) is 25.3 Å². The first-order valence-corrected chi connectivity index (χ1v) is 6.80. The van der Waals surface area contributed by atoms with Gasteiger partial charge < -0.3 is 10.2 Å². The molecule has 1 fully saturated rings. The lowest BCUT2D eigenvalue weighted by atomic mass is 10.3. The molecule has 7 nitrogen and oxygen atoms in total. The zero-order chi connectivity index (χ0) is 14.4. The lowest BCUT2D eigenvalue weighted by Gasteiger charge is -2.15. The van der Waals surface area contributed by atoms with E-state index in [1.165, 1.54) is 0 Å².